The minimum atomic E-state index is -0.827. The molecule has 9 heteroatoms. The van der Waals surface area contributed by atoms with E-state index in [1.807, 2.05) is 0 Å². The maximum Gasteiger partial charge on any atom is 0.323 e. The first-order valence-electron chi connectivity index (χ1n) is 8.68. The maximum atomic E-state index is 14.4. The topological polar surface area (TPSA) is 110 Å². The first kappa shape index (κ1) is 18.4. The molecule has 148 valence electrons. The van der Waals surface area contributed by atoms with E-state index in [0.717, 1.165) is 10.6 Å². The summed E-state index contributed by atoms with van der Waals surface area (Å²) in [6, 6.07) is 11.8. The van der Waals surface area contributed by atoms with Crippen molar-refractivity contribution < 1.29 is 18.3 Å². The molecule has 0 spiro atoms. The molecule has 0 bridgehead atoms. The van der Waals surface area contributed by atoms with Gasteiger partial charge in [-0.25, -0.2) is 14.2 Å². The van der Waals surface area contributed by atoms with Crippen LogP contribution in [-0.2, 0) is 0 Å². The van der Waals surface area contributed by atoms with Gasteiger partial charge in [-0.05, 0) is 42.5 Å². The Morgan fingerprint density at radius 2 is 2.00 bits per heavy atom. The molecule has 3 aromatic rings. The van der Waals surface area contributed by atoms with Crippen molar-refractivity contribution in [2.75, 3.05) is 23.6 Å². The molecule has 0 fully saturated rings. The van der Waals surface area contributed by atoms with Crippen LogP contribution >= 0.6 is 0 Å². The summed E-state index contributed by atoms with van der Waals surface area (Å²) < 4.78 is 24.8. The molecule has 2 heterocycles. The summed E-state index contributed by atoms with van der Waals surface area (Å²) in [5, 5.41) is 0.706. The van der Waals surface area contributed by atoms with Gasteiger partial charge in [0.2, 0.25) is 5.55 Å². The fourth-order valence-electron chi connectivity index (χ4n) is 3.15. The average molecular weight is 395 g/mol. The van der Waals surface area contributed by atoms with Crippen LogP contribution in [0.4, 0.5) is 26.2 Å². The number of primary amides is 1. The largest absolute Gasteiger partial charge is 0.497 e. The number of nitrogens with two attached hydrogens (primary N) is 2. The summed E-state index contributed by atoms with van der Waals surface area (Å²) in [5.74, 6) is 0.299. The third-order valence-electron chi connectivity index (χ3n) is 4.60. The van der Waals surface area contributed by atoms with Crippen LogP contribution in [0.3, 0.4) is 0 Å². The summed E-state index contributed by atoms with van der Waals surface area (Å²) in [4.78, 5) is 19.3. The van der Waals surface area contributed by atoms with Gasteiger partial charge in [-0.3, -0.25) is 4.90 Å². The Morgan fingerprint density at radius 3 is 2.69 bits per heavy atom. The van der Waals surface area contributed by atoms with Crippen molar-refractivity contribution >= 4 is 28.9 Å². The van der Waals surface area contributed by atoms with E-state index in [0.29, 0.717) is 28.0 Å². The van der Waals surface area contributed by atoms with Gasteiger partial charge in [0.05, 0.1) is 30.0 Å². The molecule has 0 saturated heterocycles. The first-order valence-corrected chi connectivity index (χ1v) is 8.68. The normalized spacial score (nSPS) is 12.9. The van der Waals surface area contributed by atoms with Crippen molar-refractivity contribution in [3.05, 3.63) is 71.4 Å². The van der Waals surface area contributed by atoms with E-state index in [9.17, 15) is 9.18 Å². The van der Waals surface area contributed by atoms with Crippen molar-refractivity contribution in [2.45, 2.75) is 0 Å². The number of hydrogen-bond donors (Lipinski definition) is 2. The van der Waals surface area contributed by atoms with Crippen LogP contribution in [0.2, 0.25) is 0 Å². The van der Waals surface area contributed by atoms with Crippen LogP contribution < -0.4 is 36.8 Å². The molecule has 4 N–H and O–H groups in total. The molecule has 1 aliphatic rings. The number of carbonyl (C=O) groups is 1. The van der Waals surface area contributed by atoms with E-state index in [1.165, 1.54) is 31.6 Å². The molecular formula is C20H18FN5O3. The second kappa shape index (κ2) is 7.19. The lowest BCUT2D eigenvalue weighted by atomic mass is 10.2. The minimum absolute atomic E-state index is 0.00770. The predicted octanol–water partition coefficient (Wildman–Crippen LogP) is 1.77. The summed E-state index contributed by atoms with van der Waals surface area (Å²) >= 11 is 0. The van der Waals surface area contributed by atoms with Crippen LogP contribution in [-0.4, -0.2) is 19.8 Å². The van der Waals surface area contributed by atoms with Gasteiger partial charge < -0.3 is 25.5 Å². The SMILES string of the molecule is COc1ccc(F)c(N(C(N)=O)c2ccc(N3CN=c4occc4=C3N)cc2)c1. The van der Waals surface area contributed by atoms with Gasteiger partial charge in [0.15, 0.2) is 0 Å². The third kappa shape index (κ3) is 3.22. The highest BCUT2D eigenvalue weighted by Gasteiger charge is 2.21. The molecule has 1 aromatic heterocycles. The van der Waals surface area contributed by atoms with Crippen molar-refractivity contribution in [2.24, 2.45) is 16.5 Å². The zero-order valence-corrected chi connectivity index (χ0v) is 15.5. The fraction of sp³-hybridized carbons (Fsp3) is 0.100. The molecule has 0 aliphatic carbocycles. The van der Waals surface area contributed by atoms with Gasteiger partial charge >= 0.3 is 6.03 Å². The highest BCUT2D eigenvalue weighted by molar-refractivity contribution is 5.99. The highest BCUT2D eigenvalue weighted by Crippen LogP contribution is 2.32. The van der Waals surface area contributed by atoms with E-state index in [-0.39, 0.29) is 12.4 Å². The predicted molar refractivity (Wildman–Crippen MR) is 106 cm³/mol. The number of amides is 2. The smallest absolute Gasteiger partial charge is 0.323 e. The number of halogens is 1. The Hall–Kier alpha value is -4.01. The van der Waals surface area contributed by atoms with Crippen LogP contribution in [0.1, 0.15) is 0 Å². The zero-order chi connectivity index (χ0) is 20.5. The number of rotatable bonds is 4. The van der Waals surface area contributed by atoms with E-state index in [2.05, 4.69) is 4.99 Å². The summed E-state index contributed by atoms with van der Waals surface area (Å²) in [6.07, 6.45) is 1.53. The Balaban J connectivity index is 1.70. The molecule has 2 amide bonds. The second-order valence-electron chi connectivity index (χ2n) is 6.26. The molecule has 8 nitrogen and oxygen atoms in total. The fourth-order valence-corrected chi connectivity index (χ4v) is 3.15. The second-order valence-corrected chi connectivity index (χ2v) is 6.26. The van der Waals surface area contributed by atoms with Crippen molar-refractivity contribution in [1.29, 1.82) is 0 Å². The Kier molecular flexibility index (Phi) is 4.55. The zero-order valence-electron chi connectivity index (χ0n) is 15.5. The van der Waals surface area contributed by atoms with Gasteiger partial charge in [-0.1, -0.05) is 0 Å². The standard InChI is InChI=1S/C20H18FN5O3/c1-28-14-6-7-16(21)17(10-14)26(20(23)27)13-4-2-12(3-5-13)25-11-24-19-15(18(25)22)8-9-29-19/h2-10H,11,22H2,1H3,(H2,23,27). The summed E-state index contributed by atoms with van der Waals surface area (Å²) in [5.41, 5.74) is 13.4. The summed E-state index contributed by atoms with van der Waals surface area (Å²) in [7, 11) is 1.45. The number of ether oxygens (including phenoxy) is 1. The number of carbonyl (C=O) groups excluding carboxylic acids is 1. The number of anilines is 3. The van der Waals surface area contributed by atoms with Crippen LogP contribution in [0.25, 0.3) is 5.82 Å². The molecule has 4 rings (SSSR count). The van der Waals surface area contributed by atoms with Gasteiger partial charge in [0, 0.05) is 11.8 Å². The third-order valence-corrected chi connectivity index (χ3v) is 4.60. The van der Waals surface area contributed by atoms with Gasteiger partial charge in [-0.15, -0.1) is 0 Å². The molecule has 2 aromatic carbocycles. The lowest BCUT2D eigenvalue weighted by molar-refractivity contribution is 0.256. The average Bonchev–Trinajstić information content (AvgIpc) is 3.20. The lowest BCUT2D eigenvalue weighted by Crippen LogP contribution is -2.42. The molecule has 1 aliphatic heterocycles. The van der Waals surface area contributed by atoms with E-state index < -0.39 is 11.8 Å². The van der Waals surface area contributed by atoms with Gasteiger partial charge in [0.25, 0.3) is 0 Å². The Morgan fingerprint density at radius 1 is 1.24 bits per heavy atom. The van der Waals surface area contributed by atoms with E-state index in [4.69, 9.17) is 20.6 Å². The number of benzene rings is 2. The van der Waals surface area contributed by atoms with Crippen LogP contribution in [0.15, 0.2) is 64.2 Å². The molecule has 0 unspecified atom stereocenters. The van der Waals surface area contributed by atoms with E-state index >= 15 is 0 Å². The van der Waals surface area contributed by atoms with Crippen molar-refractivity contribution in [1.82, 2.24) is 0 Å². The summed E-state index contributed by atoms with van der Waals surface area (Å²) in [6.45, 7) is 0.287. The monoisotopic (exact) mass is 395 g/mol. The molecular weight excluding hydrogens is 377 g/mol. The van der Waals surface area contributed by atoms with Crippen LogP contribution in [0, 0.1) is 5.82 Å². The Bertz CT molecular complexity index is 1190. The molecule has 0 saturated carbocycles. The number of urea groups is 1. The number of hydrogen-bond acceptors (Lipinski definition) is 6. The lowest BCUT2D eigenvalue weighted by Gasteiger charge is -2.26. The van der Waals surface area contributed by atoms with Gasteiger partial charge in [-0.2, -0.15) is 0 Å². The number of fused-ring (bicyclic) bond motifs is 1. The highest BCUT2D eigenvalue weighted by atomic mass is 19.1. The number of methoxy groups -OCH3 is 1. The maximum absolute atomic E-state index is 14.4. The van der Waals surface area contributed by atoms with Gasteiger partial charge in [0.1, 0.15) is 24.1 Å². The first-order chi connectivity index (χ1) is 14.0. The minimum Gasteiger partial charge on any atom is -0.497 e. The molecule has 0 atom stereocenters. The Labute approximate surface area is 165 Å². The number of nitrogens with zero attached hydrogens (tertiary/aromatic N) is 3. The quantitative estimate of drug-likeness (QED) is 0.700. The molecule has 0 radical (unpaired) electrons. The van der Waals surface area contributed by atoms with E-state index in [1.54, 1.807) is 35.2 Å². The van der Waals surface area contributed by atoms with Crippen LogP contribution in [0.5, 0.6) is 5.75 Å². The number of furan rings is 1. The van der Waals surface area contributed by atoms with Crippen molar-refractivity contribution in [3.8, 4) is 5.75 Å². The molecule has 29 heavy (non-hydrogen) atoms. The van der Waals surface area contributed by atoms with Crippen molar-refractivity contribution in [3.63, 3.8) is 0 Å².